The van der Waals surface area contributed by atoms with E-state index in [2.05, 4.69) is 38.2 Å². The largest absolute Gasteiger partial charge is 0.313 e. The Bertz CT molecular complexity index is 322. The third-order valence-electron chi connectivity index (χ3n) is 2.86. The molecule has 0 bridgehead atoms. The van der Waals surface area contributed by atoms with Gasteiger partial charge in [0.2, 0.25) is 0 Å². The Morgan fingerprint density at radius 1 is 1.19 bits per heavy atom. The molecule has 1 aromatic rings. The minimum absolute atomic E-state index is 0.257. The molecule has 0 saturated heterocycles. The van der Waals surface area contributed by atoms with Gasteiger partial charge in [-0.2, -0.15) is 0 Å². The number of rotatable bonds is 5. The van der Waals surface area contributed by atoms with Crippen LogP contribution >= 0.6 is 11.6 Å². The van der Waals surface area contributed by atoms with Gasteiger partial charge in [-0.15, -0.1) is 11.6 Å². The average molecular weight is 240 g/mol. The smallest absolute Gasteiger partial charge is 0.0319 e. The number of benzene rings is 1. The standard InChI is InChI=1S/C14H22ClN/c1-10-7-11(2)14(12(3)8-10)9-16-6-5-13(4)15/h7-8,13,16H,5-6,9H2,1-4H3. The summed E-state index contributed by atoms with van der Waals surface area (Å²) in [5.41, 5.74) is 5.52. The van der Waals surface area contributed by atoms with Gasteiger partial charge in [0.05, 0.1) is 0 Å². The normalized spacial score (nSPS) is 12.8. The van der Waals surface area contributed by atoms with Crippen LogP contribution in [0.3, 0.4) is 0 Å². The first kappa shape index (κ1) is 13.5. The summed E-state index contributed by atoms with van der Waals surface area (Å²) in [4.78, 5) is 0. The fourth-order valence-electron chi connectivity index (χ4n) is 2.00. The van der Waals surface area contributed by atoms with Crippen molar-refractivity contribution in [2.24, 2.45) is 0 Å². The highest BCUT2D eigenvalue weighted by Crippen LogP contribution is 2.16. The molecule has 0 heterocycles. The van der Waals surface area contributed by atoms with Gasteiger partial charge in [0.1, 0.15) is 0 Å². The zero-order valence-electron chi connectivity index (χ0n) is 10.7. The second kappa shape index (κ2) is 6.27. The van der Waals surface area contributed by atoms with E-state index in [1.165, 1.54) is 22.3 Å². The van der Waals surface area contributed by atoms with Crippen LogP contribution in [-0.2, 0) is 6.54 Å². The summed E-state index contributed by atoms with van der Waals surface area (Å²) in [6.07, 6.45) is 1.02. The van der Waals surface area contributed by atoms with Crippen LogP contribution < -0.4 is 5.32 Å². The lowest BCUT2D eigenvalue weighted by Crippen LogP contribution is -2.18. The highest BCUT2D eigenvalue weighted by Gasteiger charge is 2.03. The molecule has 1 rings (SSSR count). The lowest BCUT2D eigenvalue weighted by atomic mass is 10.00. The van der Waals surface area contributed by atoms with Gasteiger partial charge in [-0.25, -0.2) is 0 Å². The third-order valence-corrected chi connectivity index (χ3v) is 3.08. The predicted molar refractivity (Wildman–Crippen MR) is 72.3 cm³/mol. The fraction of sp³-hybridized carbons (Fsp3) is 0.571. The molecule has 0 saturated carbocycles. The summed E-state index contributed by atoms with van der Waals surface area (Å²) >= 11 is 5.90. The summed E-state index contributed by atoms with van der Waals surface area (Å²) in [6, 6.07) is 4.49. The van der Waals surface area contributed by atoms with Crippen LogP contribution in [0.15, 0.2) is 12.1 Å². The van der Waals surface area contributed by atoms with E-state index in [4.69, 9.17) is 11.6 Å². The van der Waals surface area contributed by atoms with Crippen molar-refractivity contribution in [1.82, 2.24) is 5.32 Å². The molecule has 1 aromatic carbocycles. The molecule has 0 amide bonds. The number of hydrogen-bond donors (Lipinski definition) is 1. The minimum atomic E-state index is 0.257. The number of alkyl halides is 1. The van der Waals surface area contributed by atoms with Crippen molar-refractivity contribution < 1.29 is 0 Å². The predicted octanol–water partition coefficient (Wildman–Crippen LogP) is 3.72. The van der Waals surface area contributed by atoms with Crippen LogP contribution in [-0.4, -0.2) is 11.9 Å². The zero-order valence-corrected chi connectivity index (χ0v) is 11.5. The summed E-state index contributed by atoms with van der Waals surface area (Å²) in [5.74, 6) is 0. The van der Waals surface area contributed by atoms with Crippen LogP contribution in [0, 0.1) is 20.8 Å². The molecule has 0 aliphatic carbocycles. The molecule has 0 aromatic heterocycles. The van der Waals surface area contributed by atoms with Crippen molar-refractivity contribution in [1.29, 1.82) is 0 Å². The van der Waals surface area contributed by atoms with Crippen LogP contribution in [0.2, 0.25) is 0 Å². The first-order chi connectivity index (χ1) is 7.50. The van der Waals surface area contributed by atoms with E-state index < -0.39 is 0 Å². The van der Waals surface area contributed by atoms with Gasteiger partial charge in [-0.05, 0) is 57.4 Å². The second-order valence-corrected chi connectivity index (χ2v) is 5.37. The van der Waals surface area contributed by atoms with Crippen molar-refractivity contribution in [2.45, 2.75) is 46.0 Å². The van der Waals surface area contributed by atoms with Crippen LogP contribution in [0.4, 0.5) is 0 Å². The lowest BCUT2D eigenvalue weighted by Gasteiger charge is -2.12. The quantitative estimate of drug-likeness (QED) is 0.610. The topological polar surface area (TPSA) is 12.0 Å². The van der Waals surface area contributed by atoms with Gasteiger partial charge in [-0.1, -0.05) is 17.7 Å². The van der Waals surface area contributed by atoms with E-state index in [1.54, 1.807) is 0 Å². The third kappa shape index (κ3) is 4.15. The van der Waals surface area contributed by atoms with E-state index in [9.17, 15) is 0 Å². The molecule has 1 unspecified atom stereocenters. The molecule has 0 spiro atoms. The molecule has 0 fully saturated rings. The van der Waals surface area contributed by atoms with Gasteiger partial charge < -0.3 is 5.32 Å². The van der Waals surface area contributed by atoms with Gasteiger partial charge >= 0.3 is 0 Å². The Labute approximate surface area is 104 Å². The molecule has 1 nitrogen and oxygen atoms in total. The van der Waals surface area contributed by atoms with Crippen molar-refractivity contribution in [3.05, 3.63) is 34.4 Å². The summed E-state index contributed by atoms with van der Waals surface area (Å²) in [6.45, 7) is 10.5. The molecule has 0 aliphatic heterocycles. The highest BCUT2D eigenvalue weighted by atomic mass is 35.5. The highest BCUT2D eigenvalue weighted by molar-refractivity contribution is 6.20. The summed E-state index contributed by atoms with van der Waals surface area (Å²) in [7, 11) is 0. The first-order valence-electron chi connectivity index (χ1n) is 5.92. The fourth-order valence-corrected chi connectivity index (χ4v) is 2.11. The Kier molecular flexibility index (Phi) is 5.30. The average Bonchev–Trinajstić information content (AvgIpc) is 2.14. The Morgan fingerprint density at radius 3 is 2.25 bits per heavy atom. The minimum Gasteiger partial charge on any atom is -0.313 e. The maximum Gasteiger partial charge on any atom is 0.0319 e. The number of nitrogens with one attached hydrogen (secondary N) is 1. The van der Waals surface area contributed by atoms with E-state index in [-0.39, 0.29) is 5.38 Å². The molecule has 2 heteroatoms. The van der Waals surface area contributed by atoms with Crippen LogP contribution in [0.25, 0.3) is 0 Å². The molecule has 1 N–H and O–H groups in total. The van der Waals surface area contributed by atoms with Gasteiger partial charge in [-0.3, -0.25) is 0 Å². The Balaban J connectivity index is 2.54. The zero-order chi connectivity index (χ0) is 12.1. The molecule has 1 atom stereocenters. The monoisotopic (exact) mass is 239 g/mol. The van der Waals surface area contributed by atoms with Gasteiger partial charge in [0.15, 0.2) is 0 Å². The molecular formula is C14H22ClN. The van der Waals surface area contributed by atoms with E-state index in [0.717, 1.165) is 19.5 Å². The first-order valence-corrected chi connectivity index (χ1v) is 6.36. The summed E-state index contributed by atoms with van der Waals surface area (Å²) < 4.78 is 0. The van der Waals surface area contributed by atoms with Gasteiger partial charge in [0, 0.05) is 11.9 Å². The lowest BCUT2D eigenvalue weighted by molar-refractivity contribution is 0.641. The van der Waals surface area contributed by atoms with Gasteiger partial charge in [0.25, 0.3) is 0 Å². The second-order valence-electron chi connectivity index (χ2n) is 4.62. The Morgan fingerprint density at radius 2 is 1.75 bits per heavy atom. The number of aryl methyl sites for hydroxylation is 3. The van der Waals surface area contributed by atoms with E-state index in [1.807, 2.05) is 6.92 Å². The molecule has 0 aliphatic rings. The van der Waals surface area contributed by atoms with Crippen LogP contribution in [0.5, 0.6) is 0 Å². The molecule has 16 heavy (non-hydrogen) atoms. The van der Waals surface area contributed by atoms with Crippen molar-refractivity contribution in [2.75, 3.05) is 6.54 Å². The van der Waals surface area contributed by atoms with E-state index >= 15 is 0 Å². The van der Waals surface area contributed by atoms with Crippen molar-refractivity contribution in [3.63, 3.8) is 0 Å². The molecular weight excluding hydrogens is 218 g/mol. The molecule has 0 radical (unpaired) electrons. The van der Waals surface area contributed by atoms with Crippen LogP contribution in [0.1, 0.15) is 35.6 Å². The van der Waals surface area contributed by atoms with Crippen molar-refractivity contribution in [3.8, 4) is 0 Å². The molecule has 90 valence electrons. The number of halogens is 1. The number of hydrogen-bond acceptors (Lipinski definition) is 1. The maximum atomic E-state index is 5.90. The van der Waals surface area contributed by atoms with Crippen molar-refractivity contribution >= 4 is 11.6 Å². The van der Waals surface area contributed by atoms with E-state index in [0.29, 0.717) is 0 Å². The SMILES string of the molecule is Cc1cc(C)c(CNCCC(C)Cl)c(C)c1. The summed E-state index contributed by atoms with van der Waals surface area (Å²) in [5, 5.41) is 3.71. The Hall–Kier alpha value is -0.530. The maximum absolute atomic E-state index is 5.90.